The van der Waals surface area contributed by atoms with Gasteiger partial charge < -0.3 is 4.90 Å². The number of carbonyl (C=O) groups excluding carboxylic acids is 1. The van der Waals surface area contributed by atoms with Gasteiger partial charge in [-0.15, -0.1) is 0 Å². The van der Waals surface area contributed by atoms with E-state index in [1.165, 1.54) is 0 Å². The van der Waals surface area contributed by atoms with Crippen molar-refractivity contribution in [1.29, 1.82) is 0 Å². The Balaban J connectivity index is 2.12. The summed E-state index contributed by atoms with van der Waals surface area (Å²) in [6.07, 6.45) is 0. The lowest BCUT2D eigenvalue weighted by Crippen LogP contribution is -2.41. The third-order valence-corrected chi connectivity index (χ3v) is 4.65. The zero-order chi connectivity index (χ0) is 15.0. The molecule has 0 radical (unpaired) electrons. The van der Waals surface area contributed by atoms with Crippen LogP contribution >= 0.6 is 11.8 Å². The van der Waals surface area contributed by atoms with Crippen molar-refractivity contribution in [3.8, 4) is 0 Å². The number of thioether (sulfide) groups is 1. The Bertz CT molecular complexity index is 763. The summed E-state index contributed by atoms with van der Waals surface area (Å²) >= 11 is 1.83. The van der Waals surface area contributed by atoms with Crippen molar-refractivity contribution < 1.29 is 4.79 Å². The summed E-state index contributed by atoms with van der Waals surface area (Å²) in [5, 5.41) is 4.77. The number of carbonyl (C=O) groups is 1. The third kappa shape index (κ3) is 2.55. The lowest BCUT2D eigenvalue weighted by molar-refractivity contribution is 0.0763. The van der Waals surface area contributed by atoms with E-state index in [9.17, 15) is 9.59 Å². The number of hydrogen-bond acceptors (Lipinski definition) is 4. The lowest BCUT2D eigenvalue weighted by atomic mass is 10.1. The van der Waals surface area contributed by atoms with Gasteiger partial charge in [0.15, 0.2) is 5.69 Å². The van der Waals surface area contributed by atoms with E-state index >= 15 is 0 Å². The van der Waals surface area contributed by atoms with Gasteiger partial charge in [-0.05, 0) is 19.1 Å². The molecule has 0 saturated carbocycles. The molecule has 2 heterocycles. The summed E-state index contributed by atoms with van der Waals surface area (Å²) in [5.74, 6) is 1.58. The van der Waals surface area contributed by atoms with Gasteiger partial charge in [0, 0.05) is 31.6 Å². The topological polar surface area (TPSA) is 55.2 Å². The van der Waals surface area contributed by atoms with Crippen LogP contribution in [0.1, 0.15) is 16.1 Å². The van der Waals surface area contributed by atoms with Crippen molar-refractivity contribution in [2.75, 3.05) is 24.6 Å². The molecule has 0 bridgehead atoms. The number of nitrogens with zero attached hydrogens (tertiary/aromatic N) is 3. The van der Waals surface area contributed by atoms with Crippen LogP contribution in [0.3, 0.4) is 0 Å². The van der Waals surface area contributed by atoms with Gasteiger partial charge in [-0.3, -0.25) is 14.3 Å². The van der Waals surface area contributed by atoms with Crippen LogP contribution in [0.4, 0.5) is 0 Å². The Morgan fingerprint density at radius 3 is 2.71 bits per heavy atom. The first-order chi connectivity index (χ1) is 10.1. The predicted octanol–water partition coefficient (Wildman–Crippen LogP) is 1.43. The Hall–Kier alpha value is -1.82. The number of amides is 1. The van der Waals surface area contributed by atoms with Crippen LogP contribution in [0, 0.1) is 6.92 Å². The molecule has 1 amide bonds. The van der Waals surface area contributed by atoms with Gasteiger partial charge in [-0.25, -0.2) is 0 Å². The van der Waals surface area contributed by atoms with Gasteiger partial charge in [0.2, 0.25) is 5.43 Å². The maximum absolute atomic E-state index is 12.6. The van der Waals surface area contributed by atoms with Crippen molar-refractivity contribution in [1.82, 2.24) is 14.7 Å². The zero-order valence-corrected chi connectivity index (χ0v) is 12.9. The molecule has 0 unspecified atom stereocenters. The normalized spacial score (nSPS) is 15.4. The van der Waals surface area contributed by atoms with Crippen LogP contribution in [0.25, 0.3) is 10.9 Å². The third-order valence-electron chi connectivity index (χ3n) is 3.71. The predicted molar refractivity (Wildman–Crippen MR) is 84.9 cm³/mol. The van der Waals surface area contributed by atoms with E-state index in [4.69, 9.17) is 0 Å². The molecule has 21 heavy (non-hydrogen) atoms. The minimum Gasteiger partial charge on any atom is -0.335 e. The van der Waals surface area contributed by atoms with Crippen LogP contribution in [-0.4, -0.2) is 45.2 Å². The molecule has 1 saturated heterocycles. The molecule has 6 heteroatoms. The van der Waals surface area contributed by atoms with E-state index in [1.807, 2.05) is 36.9 Å². The van der Waals surface area contributed by atoms with Crippen LogP contribution in [-0.2, 0) is 7.05 Å². The number of benzene rings is 1. The van der Waals surface area contributed by atoms with Gasteiger partial charge in [0.25, 0.3) is 5.91 Å². The van der Waals surface area contributed by atoms with Gasteiger partial charge in [0.05, 0.1) is 10.9 Å². The summed E-state index contributed by atoms with van der Waals surface area (Å²) in [4.78, 5) is 26.9. The molecule has 1 fully saturated rings. The van der Waals surface area contributed by atoms with Crippen molar-refractivity contribution in [2.45, 2.75) is 6.92 Å². The van der Waals surface area contributed by atoms with Crippen LogP contribution in [0.5, 0.6) is 0 Å². The second-order valence-electron chi connectivity index (χ2n) is 5.23. The highest BCUT2D eigenvalue weighted by Gasteiger charge is 2.23. The quantitative estimate of drug-likeness (QED) is 0.800. The molecule has 3 rings (SSSR count). The Morgan fingerprint density at radius 1 is 1.29 bits per heavy atom. The monoisotopic (exact) mass is 303 g/mol. The first-order valence-electron chi connectivity index (χ1n) is 6.92. The maximum atomic E-state index is 12.6. The SMILES string of the molecule is Cc1ccc2c(c1)c(=O)c(C(=O)N1CCSCC1)nn2C. The van der Waals surface area contributed by atoms with Gasteiger partial charge in [0.1, 0.15) is 0 Å². The molecule has 1 aromatic heterocycles. The summed E-state index contributed by atoms with van der Waals surface area (Å²) in [5.41, 5.74) is 1.51. The molecule has 0 spiro atoms. The highest BCUT2D eigenvalue weighted by atomic mass is 32.2. The number of rotatable bonds is 1. The summed E-state index contributed by atoms with van der Waals surface area (Å²) in [7, 11) is 1.76. The number of fused-ring (bicyclic) bond motifs is 1. The highest BCUT2D eigenvalue weighted by Crippen LogP contribution is 2.14. The Kier molecular flexibility index (Phi) is 3.71. The van der Waals surface area contributed by atoms with Crippen LogP contribution in [0.2, 0.25) is 0 Å². The average Bonchev–Trinajstić information content (AvgIpc) is 2.51. The van der Waals surface area contributed by atoms with Gasteiger partial charge >= 0.3 is 0 Å². The van der Waals surface area contributed by atoms with E-state index in [0.29, 0.717) is 18.5 Å². The first-order valence-corrected chi connectivity index (χ1v) is 8.08. The van der Waals surface area contributed by atoms with Crippen molar-refractivity contribution in [3.05, 3.63) is 39.7 Å². The molecular formula is C15H17N3O2S. The second-order valence-corrected chi connectivity index (χ2v) is 6.45. The molecule has 110 valence electrons. The number of aromatic nitrogens is 2. The van der Waals surface area contributed by atoms with E-state index < -0.39 is 0 Å². The Labute approximate surface area is 126 Å². The molecule has 0 atom stereocenters. The molecule has 5 nitrogen and oxygen atoms in total. The van der Waals surface area contributed by atoms with Crippen LogP contribution in [0.15, 0.2) is 23.0 Å². The first kappa shape index (κ1) is 14.1. The van der Waals surface area contributed by atoms with Crippen molar-refractivity contribution in [3.63, 3.8) is 0 Å². The zero-order valence-electron chi connectivity index (χ0n) is 12.1. The fourth-order valence-corrected chi connectivity index (χ4v) is 3.45. The van der Waals surface area contributed by atoms with Crippen LogP contribution < -0.4 is 5.43 Å². The Morgan fingerprint density at radius 2 is 2.00 bits per heavy atom. The minimum absolute atomic E-state index is 0.0301. The fourth-order valence-electron chi connectivity index (χ4n) is 2.55. The van der Waals surface area contributed by atoms with E-state index in [1.54, 1.807) is 16.6 Å². The molecule has 1 aliphatic heterocycles. The lowest BCUT2D eigenvalue weighted by Gasteiger charge is -2.26. The van der Waals surface area contributed by atoms with Crippen molar-refractivity contribution >= 4 is 28.6 Å². The number of aryl methyl sites for hydroxylation is 2. The minimum atomic E-state index is -0.268. The molecule has 1 aliphatic rings. The molecule has 0 aliphatic carbocycles. The highest BCUT2D eigenvalue weighted by molar-refractivity contribution is 7.99. The molecular weight excluding hydrogens is 286 g/mol. The summed E-state index contributed by atoms with van der Waals surface area (Å²) in [6.45, 7) is 3.29. The molecule has 0 N–H and O–H groups in total. The smallest absolute Gasteiger partial charge is 0.278 e. The van der Waals surface area contributed by atoms with Crippen molar-refractivity contribution in [2.24, 2.45) is 7.05 Å². The summed E-state index contributed by atoms with van der Waals surface area (Å²) < 4.78 is 1.61. The fraction of sp³-hybridized carbons (Fsp3) is 0.400. The maximum Gasteiger partial charge on any atom is 0.278 e. The van der Waals surface area contributed by atoms with E-state index in [-0.39, 0.29) is 17.0 Å². The largest absolute Gasteiger partial charge is 0.335 e. The second kappa shape index (κ2) is 5.52. The van der Waals surface area contributed by atoms with E-state index in [2.05, 4.69) is 5.10 Å². The summed E-state index contributed by atoms with van der Waals surface area (Å²) in [6, 6.07) is 5.62. The average molecular weight is 303 g/mol. The molecule has 2 aromatic rings. The number of hydrogen-bond donors (Lipinski definition) is 0. The van der Waals surface area contributed by atoms with Gasteiger partial charge in [-0.1, -0.05) is 11.6 Å². The standard InChI is InChI=1S/C15H17N3O2S/c1-10-3-4-12-11(9-10)14(19)13(16-17(12)2)15(20)18-5-7-21-8-6-18/h3-4,9H,5-8H2,1-2H3. The van der Waals surface area contributed by atoms with E-state index in [0.717, 1.165) is 22.6 Å². The van der Waals surface area contributed by atoms with Gasteiger partial charge in [-0.2, -0.15) is 16.9 Å². The molecule has 1 aromatic carbocycles.